The maximum absolute atomic E-state index is 12.5. The van der Waals surface area contributed by atoms with E-state index >= 15 is 0 Å². The Morgan fingerprint density at radius 3 is 2.43 bits per heavy atom. The van der Waals surface area contributed by atoms with Gasteiger partial charge in [0.1, 0.15) is 5.52 Å². The molecule has 144 valence electrons. The summed E-state index contributed by atoms with van der Waals surface area (Å²) in [5.41, 5.74) is 1.63. The van der Waals surface area contributed by atoms with Gasteiger partial charge in [-0.3, -0.25) is 9.59 Å². The number of fused-ring (bicyclic) bond motifs is 1. The first-order chi connectivity index (χ1) is 13.7. The van der Waals surface area contributed by atoms with Crippen LogP contribution in [0.15, 0.2) is 59.4 Å². The molecule has 2 heterocycles. The molecule has 1 aliphatic heterocycles. The van der Waals surface area contributed by atoms with Crippen molar-refractivity contribution in [2.75, 3.05) is 31.1 Å². The van der Waals surface area contributed by atoms with Gasteiger partial charge in [-0.2, -0.15) is 0 Å². The van der Waals surface area contributed by atoms with Crippen LogP contribution in [0.2, 0.25) is 0 Å². The Bertz CT molecular complexity index is 1010. The van der Waals surface area contributed by atoms with E-state index in [9.17, 15) is 9.59 Å². The summed E-state index contributed by atoms with van der Waals surface area (Å²) in [7, 11) is 0. The molecule has 1 fully saturated rings. The summed E-state index contributed by atoms with van der Waals surface area (Å²) in [6.07, 6.45) is 0.983. The molecule has 7 heteroatoms. The zero-order chi connectivity index (χ0) is 19.3. The normalized spacial score (nSPS) is 14.4. The van der Waals surface area contributed by atoms with Gasteiger partial charge in [0.25, 0.3) is 5.56 Å². The summed E-state index contributed by atoms with van der Waals surface area (Å²) < 4.78 is 1.35. The lowest BCUT2D eigenvalue weighted by Gasteiger charge is -2.36. The second-order valence-corrected chi connectivity index (χ2v) is 6.94. The number of anilines is 1. The first-order valence-electron chi connectivity index (χ1n) is 9.63. The SMILES string of the molecule is O=C(CCCn1nnc2ccccc2c1=O)N1CCN(c2ccccc2)CC1. The standard InChI is InChI=1S/C21H23N5O2/c27-20(25-15-13-24(14-16-25)17-7-2-1-3-8-17)11-6-12-26-21(28)18-9-4-5-10-19(18)22-23-26/h1-5,7-10H,6,11-16H2. The molecule has 28 heavy (non-hydrogen) atoms. The molecule has 1 amide bonds. The fourth-order valence-corrected chi connectivity index (χ4v) is 3.56. The van der Waals surface area contributed by atoms with Gasteiger partial charge in [-0.1, -0.05) is 35.5 Å². The van der Waals surface area contributed by atoms with Crippen molar-refractivity contribution in [3.63, 3.8) is 0 Å². The van der Waals surface area contributed by atoms with Gasteiger partial charge in [0, 0.05) is 44.8 Å². The van der Waals surface area contributed by atoms with Crippen LogP contribution in [0.3, 0.4) is 0 Å². The predicted octanol–water partition coefficient (Wildman–Crippen LogP) is 1.92. The van der Waals surface area contributed by atoms with Gasteiger partial charge >= 0.3 is 0 Å². The third kappa shape index (κ3) is 3.88. The highest BCUT2D eigenvalue weighted by Gasteiger charge is 2.20. The largest absolute Gasteiger partial charge is 0.368 e. The molecule has 0 aliphatic carbocycles. The quantitative estimate of drug-likeness (QED) is 0.679. The van der Waals surface area contributed by atoms with Crippen LogP contribution in [-0.4, -0.2) is 52.0 Å². The highest BCUT2D eigenvalue weighted by atomic mass is 16.2. The number of rotatable bonds is 5. The molecule has 0 bridgehead atoms. The molecule has 1 saturated heterocycles. The van der Waals surface area contributed by atoms with Gasteiger partial charge in [-0.05, 0) is 30.7 Å². The Hall–Kier alpha value is -3.22. The number of aryl methyl sites for hydroxylation is 1. The number of benzene rings is 2. The molecule has 3 aromatic rings. The van der Waals surface area contributed by atoms with E-state index < -0.39 is 0 Å². The monoisotopic (exact) mass is 377 g/mol. The molecule has 0 atom stereocenters. The van der Waals surface area contributed by atoms with E-state index in [1.54, 1.807) is 12.1 Å². The van der Waals surface area contributed by atoms with Crippen LogP contribution in [0.5, 0.6) is 0 Å². The summed E-state index contributed by atoms with van der Waals surface area (Å²) >= 11 is 0. The van der Waals surface area contributed by atoms with Gasteiger partial charge in [-0.15, -0.1) is 5.10 Å². The third-order valence-corrected chi connectivity index (χ3v) is 5.14. The molecule has 0 radical (unpaired) electrons. The highest BCUT2D eigenvalue weighted by molar-refractivity contribution is 5.77. The highest BCUT2D eigenvalue weighted by Crippen LogP contribution is 2.16. The number of aromatic nitrogens is 3. The van der Waals surface area contributed by atoms with Crippen molar-refractivity contribution in [3.8, 4) is 0 Å². The minimum atomic E-state index is -0.158. The third-order valence-electron chi connectivity index (χ3n) is 5.14. The number of carbonyl (C=O) groups is 1. The van der Waals surface area contributed by atoms with Crippen molar-refractivity contribution >= 4 is 22.5 Å². The summed E-state index contributed by atoms with van der Waals surface area (Å²) in [6, 6.07) is 17.4. The molecule has 4 rings (SSSR count). The van der Waals surface area contributed by atoms with Crippen molar-refractivity contribution < 1.29 is 4.79 Å². The summed E-state index contributed by atoms with van der Waals surface area (Å²) in [4.78, 5) is 29.2. The topological polar surface area (TPSA) is 71.3 Å². The molecule has 1 aliphatic rings. The minimum Gasteiger partial charge on any atom is -0.368 e. The number of carbonyl (C=O) groups excluding carboxylic acids is 1. The van der Waals surface area contributed by atoms with Gasteiger partial charge < -0.3 is 9.80 Å². The zero-order valence-corrected chi connectivity index (χ0v) is 15.7. The lowest BCUT2D eigenvalue weighted by atomic mass is 10.2. The number of piperazine rings is 1. The maximum atomic E-state index is 12.5. The maximum Gasteiger partial charge on any atom is 0.277 e. The van der Waals surface area contributed by atoms with Crippen LogP contribution in [-0.2, 0) is 11.3 Å². The Morgan fingerprint density at radius 1 is 0.929 bits per heavy atom. The summed E-state index contributed by atoms with van der Waals surface area (Å²) in [6.45, 7) is 3.52. The average molecular weight is 377 g/mol. The van der Waals surface area contributed by atoms with Crippen molar-refractivity contribution in [2.24, 2.45) is 0 Å². The van der Waals surface area contributed by atoms with Gasteiger partial charge in [-0.25, -0.2) is 4.68 Å². The Morgan fingerprint density at radius 2 is 1.64 bits per heavy atom. The van der Waals surface area contributed by atoms with Crippen molar-refractivity contribution in [1.29, 1.82) is 0 Å². The van der Waals surface area contributed by atoms with Gasteiger partial charge in [0.2, 0.25) is 5.91 Å². The zero-order valence-electron chi connectivity index (χ0n) is 15.7. The number of hydrogen-bond donors (Lipinski definition) is 0. The second-order valence-electron chi connectivity index (χ2n) is 6.94. The Labute approximate surface area is 163 Å². The van der Waals surface area contributed by atoms with Crippen LogP contribution in [0.25, 0.3) is 10.9 Å². The fraction of sp³-hybridized carbons (Fsp3) is 0.333. The van der Waals surface area contributed by atoms with E-state index in [2.05, 4.69) is 27.3 Å². The molecular formula is C21H23N5O2. The lowest BCUT2D eigenvalue weighted by Crippen LogP contribution is -2.48. The van der Waals surface area contributed by atoms with E-state index in [0.29, 0.717) is 30.3 Å². The minimum absolute atomic E-state index is 0.134. The van der Waals surface area contributed by atoms with Crippen molar-refractivity contribution in [2.45, 2.75) is 19.4 Å². The van der Waals surface area contributed by atoms with E-state index in [0.717, 1.165) is 26.2 Å². The Balaban J connectivity index is 1.29. The predicted molar refractivity (Wildman–Crippen MR) is 108 cm³/mol. The first-order valence-corrected chi connectivity index (χ1v) is 9.63. The van der Waals surface area contributed by atoms with E-state index in [-0.39, 0.29) is 11.5 Å². The van der Waals surface area contributed by atoms with Crippen LogP contribution < -0.4 is 10.5 Å². The van der Waals surface area contributed by atoms with Crippen LogP contribution in [0.1, 0.15) is 12.8 Å². The smallest absolute Gasteiger partial charge is 0.277 e. The fourth-order valence-electron chi connectivity index (χ4n) is 3.56. The molecule has 0 saturated carbocycles. The van der Waals surface area contributed by atoms with Crippen LogP contribution in [0, 0.1) is 0 Å². The molecule has 7 nitrogen and oxygen atoms in total. The van der Waals surface area contributed by atoms with E-state index in [1.165, 1.54) is 10.4 Å². The van der Waals surface area contributed by atoms with Crippen LogP contribution >= 0.6 is 0 Å². The molecule has 1 aromatic heterocycles. The second kappa shape index (κ2) is 8.21. The van der Waals surface area contributed by atoms with E-state index in [1.807, 2.05) is 35.2 Å². The number of para-hydroxylation sites is 1. The number of hydrogen-bond acceptors (Lipinski definition) is 5. The summed E-state index contributed by atoms with van der Waals surface area (Å²) in [5.74, 6) is 0.134. The molecule has 0 spiro atoms. The number of amides is 1. The van der Waals surface area contributed by atoms with Crippen molar-refractivity contribution in [1.82, 2.24) is 19.9 Å². The number of nitrogens with zero attached hydrogens (tertiary/aromatic N) is 5. The molecule has 2 aromatic carbocycles. The van der Waals surface area contributed by atoms with E-state index in [4.69, 9.17) is 0 Å². The van der Waals surface area contributed by atoms with Gasteiger partial charge in [0.05, 0.1) is 5.39 Å². The Kier molecular flexibility index (Phi) is 5.32. The first kappa shape index (κ1) is 18.2. The summed E-state index contributed by atoms with van der Waals surface area (Å²) in [5, 5.41) is 8.62. The van der Waals surface area contributed by atoms with Crippen LogP contribution in [0.4, 0.5) is 5.69 Å². The molecular weight excluding hydrogens is 354 g/mol. The lowest BCUT2D eigenvalue weighted by molar-refractivity contribution is -0.131. The molecule has 0 unspecified atom stereocenters. The average Bonchev–Trinajstić information content (AvgIpc) is 2.76. The van der Waals surface area contributed by atoms with Crippen molar-refractivity contribution in [3.05, 3.63) is 65.0 Å². The van der Waals surface area contributed by atoms with Gasteiger partial charge in [0.15, 0.2) is 0 Å². The molecule has 0 N–H and O–H groups in total.